The summed E-state index contributed by atoms with van der Waals surface area (Å²) in [6.45, 7) is 9.14. The lowest BCUT2D eigenvalue weighted by Gasteiger charge is -2.48. The van der Waals surface area contributed by atoms with Crippen molar-refractivity contribution in [2.75, 3.05) is 19.8 Å². The van der Waals surface area contributed by atoms with Gasteiger partial charge in [0.1, 0.15) is 0 Å². The zero-order valence-corrected chi connectivity index (χ0v) is 17.9. The molecule has 0 radical (unpaired) electrons. The van der Waals surface area contributed by atoms with Crippen LogP contribution in [0.15, 0.2) is 24.3 Å². The average molecular weight is 399 g/mol. The van der Waals surface area contributed by atoms with Crippen LogP contribution in [0.4, 0.5) is 0 Å². The van der Waals surface area contributed by atoms with Crippen molar-refractivity contribution in [3.05, 3.63) is 30.0 Å². The molecule has 3 heterocycles. The van der Waals surface area contributed by atoms with E-state index < -0.39 is 0 Å². The Morgan fingerprint density at radius 3 is 2.62 bits per heavy atom. The summed E-state index contributed by atoms with van der Waals surface area (Å²) < 4.78 is 7.78. The van der Waals surface area contributed by atoms with Gasteiger partial charge in [-0.3, -0.25) is 14.4 Å². The van der Waals surface area contributed by atoms with Crippen LogP contribution in [0.3, 0.4) is 0 Å². The molecule has 0 aliphatic carbocycles. The van der Waals surface area contributed by atoms with Crippen LogP contribution in [-0.4, -0.2) is 58.5 Å². The molecule has 1 aromatic carbocycles. The highest BCUT2D eigenvalue weighted by Crippen LogP contribution is 2.29. The van der Waals surface area contributed by atoms with Gasteiger partial charge in [-0.2, -0.15) is 5.10 Å². The van der Waals surface area contributed by atoms with Crippen LogP contribution in [0.25, 0.3) is 10.9 Å². The quantitative estimate of drug-likeness (QED) is 0.722. The molecule has 0 spiro atoms. The van der Waals surface area contributed by atoms with Crippen LogP contribution in [0.5, 0.6) is 0 Å². The van der Waals surface area contributed by atoms with E-state index in [1.165, 1.54) is 19.3 Å². The molecule has 2 fully saturated rings. The minimum absolute atomic E-state index is 0.0518. The fourth-order valence-electron chi connectivity index (χ4n) is 4.92. The van der Waals surface area contributed by atoms with E-state index in [0.29, 0.717) is 17.8 Å². The highest BCUT2D eigenvalue weighted by Gasteiger charge is 2.39. The summed E-state index contributed by atoms with van der Waals surface area (Å²) in [5.41, 5.74) is 1.56. The second kappa shape index (κ2) is 8.84. The lowest BCUT2D eigenvalue weighted by molar-refractivity contribution is -0.0803. The largest absolute Gasteiger partial charge is 0.378 e. The third-order valence-electron chi connectivity index (χ3n) is 6.34. The van der Waals surface area contributed by atoms with Crippen molar-refractivity contribution >= 4 is 16.8 Å². The summed E-state index contributed by atoms with van der Waals surface area (Å²) in [7, 11) is 0. The number of fused-ring (bicyclic) bond motifs is 3. The first kappa shape index (κ1) is 20.4. The maximum atomic E-state index is 13.1. The van der Waals surface area contributed by atoms with Crippen LogP contribution in [0.1, 0.15) is 69.4 Å². The van der Waals surface area contributed by atoms with Gasteiger partial charge in [0, 0.05) is 29.6 Å². The third-order valence-corrected chi connectivity index (χ3v) is 6.34. The number of carbonyl (C=O) groups is 1. The predicted octanol–water partition coefficient (Wildman–Crippen LogP) is 3.77. The Balaban J connectivity index is 1.47. The van der Waals surface area contributed by atoms with Crippen molar-refractivity contribution in [3.8, 4) is 0 Å². The number of hydrogen-bond donors (Lipinski definition) is 1. The van der Waals surface area contributed by atoms with Gasteiger partial charge in [0.15, 0.2) is 5.69 Å². The second-order valence-corrected chi connectivity index (χ2v) is 8.84. The van der Waals surface area contributed by atoms with Crippen LogP contribution in [-0.2, 0) is 4.74 Å². The molecule has 29 heavy (non-hydrogen) atoms. The van der Waals surface area contributed by atoms with Crippen LogP contribution < -0.4 is 5.32 Å². The number of unbranched alkanes of at least 4 members (excludes halogenated alkanes) is 2. The molecule has 2 unspecified atom stereocenters. The van der Waals surface area contributed by atoms with Gasteiger partial charge < -0.3 is 10.1 Å². The molecule has 0 saturated carbocycles. The number of ether oxygens (including phenoxy) is 1. The Labute approximate surface area is 173 Å². The van der Waals surface area contributed by atoms with Gasteiger partial charge in [0.2, 0.25) is 0 Å². The van der Waals surface area contributed by atoms with Gasteiger partial charge in [-0.25, -0.2) is 0 Å². The molecule has 6 nitrogen and oxygen atoms in total. The topological polar surface area (TPSA) is 59.4 Å². The number of piperidine rings is 1. The molecular formula is C23H34N4O2. The predicted molar refractivity (Wildman–Crippen MR) is 115 cm³/mol. The van der Waals surface area contributed by atoms with Crippen molar-refractivity contribution in [1.29, 1.82) is 0 Å². The van der Waals surface area contributed by atoms with Gasteiger partial charge in [-0.05, 0) is 45.7 Å². The Kier molecular flexibility index (Phi) is 6.20. The van der Waals surface area contributed by atoms with Crippen molar-refractivity contribution in [3.63, 3.8) is 0 Å². The molecule has 1 aromatic heterocycles. The molecule has 6 heteroatoms. The van der Waals surface area contributed by atoms with Crippen LogP contribution in [0, 0.1) is 0 Å². The smallest absolute Gasteiger partial charge is 0.272 e. The fourth-order valence-corrected chi connectivity index (χ4v) is 4.92. The van der Waals surface area contributed by atoms with Crippen molar-refractivity contribution in [2.45, 2.75) is 77.0 Å². The van der Waals surface area contributed by atoms with E-state index in [-0.39, 0.29) is 18.0 Å². The van der Waals surface area contributed by atoms with Crippen molar-refractivity contribution in [2.24, 2.45) is 0 Å². The van der Waals surface area contributed by atoms with Crippen molar-refractivity contribution < 1.29 is 9.53 Å². The third kappa shape index (κ3) is 4.19. The fraction of sp³-hybridized carbons (Fsp3) is 0.652. The molecule has 2 atom stereocenters. The van der Waals surface area contributed by atoms with Crippen LogP contribution in [0.2, 0.25) is 0 Å². The lowest BCUT2D eigenvalue weighted by Crippen LogP contribution is -2.60. The molecular weight excluding hydrogens is 364 g/mol. The molecule has 2 aromatic rings. The number of morpholine rings is 1. The summed E-state index contributed by atoms with van der Waals surface area (Å²) in [5, 5.41) is 8.89. The number of nitrogens with one attached hydrogen (secondary N) is 1. The second-order valence-electron chi connectivity index (χ2n) is 8.84. The van der Waals surface area contributed by atoms with Crippen molar-refractivity contribution in [1.82, 2.24) is 20.0 Å². The van der Waals surface area contributed by atoms with E-state index in [1.807, 2.05) is 28.9 Å². The van der Waals surface area contributed by atoms with Gasteiger partial charge in [-0.1, -0.05) is 38.0 Å². The summed E-state index contributed by atoms with van der Waals surface area (Å²) >= 11 is 0. The number of hydrogen-bond acceptors (Lipinski definition) is 4. The van der Waals surface area contributed by atoms with E-state index in [4.69, 9.17) is 4.74 Å². The van der Waals surface area contributed by atoms with E-state index in [0.717, 1.165) is 43.5 Å². The summed E-state index contributed by atoms with van der Waals surface area (Å²) in [6.07, 6.45) is 5.69. The van der Waals surface area contributed by atoms with Gasteiger partial charge in [-0.15, -0.1) is 0 Å². The molecule has 4 rings (SSSR count). The van der Waals surface area contributed by atoms with E-state index >= 15 is 0 Å². The Hall–Kier alpha value is -1.92. The SMILES string of the molecule is CCCCCN1C2COCC1CC(NC(=O)c1nn(C(C)C)c3ccccc13)C2. The molecule has 1 N–H and O–H groups in total. The lowest BCUT2D eigenvalue weighted by atomic mass is 9.89. The first-order valence-electron chi connectivity index (χ1n) is 11.2. The Morgan fingerprint density at radius 2 is 1.93 bits per heavy atom. The maximum absolute atomic E-state index is 13.1. The number of benzene rings is 1. The zero-order chi connectivity index (χ0) is 20.4. The van der Waals surface area contributed by atoms with Crippen LogP contribution >= 0.6 is 0 Å². The summed E-state index contributed by atoms with van der Waals surface area (Å²) in [5.74, 6) is -0.0518. The average Bonchev–Trinajstić information content (AvgIpc) is 3.08. The normalized spacial score (nSPS) is 24.9. The minimum atomic E-state index is -0.0518. The zero-order valence-electron chi connectivity index (χ0n) is 17.9. The first-order chi connectivity index (χ1) is 14.1. The van der Waals surface area contributed by atoms with E-state index in [1.54, 1.807) is 0 Å². The Morgan fingerprint density at radius 1 is 1.21 bits per heavy atom. The number of aromatic nitrogens is 2. The van der Waals surface area contributed by atoms with Gasteiger partial charge in [0.05, 0.1) is 18.7 Å². The number of nitrogens with zero attached hydrogens (tertiary/aromatic N) is 3. The molecule has 2 aliphatic rings. The standard InChI is InChI=1S/C23H34N4O2/c1-4-5-8-11-26-18-12-17(13-19(26)15-29-14-18)24-23(28)22-20-9-6-7-10-21(20)27(25-22)16(2)3/h6-7,9-10,16-19H,4-5,8,11-15H2,1-3H3,(H,24,28). The highest BCUT2D eigenvalue weighted by molar-refractivity contribution is 6.05. The molecule has 2 saturated heterocycles. The number of para-hydroxylation sites is 1. The summed E-state index contributed by atoms with van der Waals surface area (Å²) in [4.78, 5) is 15.8. The van der Waals surface area contributed by atoms with E-state index in [9.17, 15) is 4.79 Å². The molecule has 158 valence electrons. The monoisotopic (exact) mass is 398 g/mol. The maximum Gasteiger partial charge on any atom is 0.272 e. The molecule has 2 aliphatic heterocycles. The summed E-state index contributed by atoms with van der Waals surface area (Å²) in [6, 6.07) is 9.23. The minimum Gasteiger partial charge on any atom is -0.378 e. The van der Waals surface area contributed by atoms with Gasteiger partial charge in [0.25, 0.3) is 5.91 Å². The Bertz CT molecular complexity index is 833. The molecule has 1 amide bonds. The van der Waals surface area contributed by atoms with E-state index in [2.05, 4.69) is 36.1 Å². The van der Waals surface area contributed by atoms with Gasteiger partial charge >= 0.3 is 0 Å². The highest BCUT2D eigenvalue weighted by atomic mass is 16.5. The number of rotatable bonds is 7. The first-order valence-corrected chi connectivity index (χ1v) is 11.2. The number of amides is 1. The number of carbonyl (C=O) groups excluding carboxylic acids is 1. The molecule has 2 bridgehead atoms.